The van der Waals surface area contributed by atoms with Crippen LogP contribution in [0.1, 0.15) is 42.8 Å². The van der Waals surface area contributed by atoms with E-state index in [-0.39, 0.29) is 23.7 Å². The second-order valence-corrected chi connectivity index (χ2v) is 7.29. The van der Waals surface area contributed by atoms with Crippen LogP contribution in [0.3, 0.4) is 0 Å². The van der Waals surface area contributed by atoms with Crippen LogP contribution in [-0.4, -0.2) is 16.1 Å². The van der Waals surface area contributed by atoms with Gasteiger partial charge in [-0.15, -0.1) is 22.6 Å². The lowest BCUT2D eigenvalue weighted by Gasteiger charge is -2.12. The van der Waals surface area contributed by atoms with Crippen molar-refractivity contribution in [2.75, 3.05) is 5.73 Å². The van der Waals surface area contributed by atoms with Crippen LogP contribution in [0.5, 0.6) is 0 Å². The molecule has 0 saturated carbocycles. The normalized spacial score (nSPS) is 10.9. The fraction of sp³-hybridized carbons (Fsp3) is 0.438. The standard InChI is InChI=1S/C16H22N4OS.ClH/c1-16(2,3)15-20-19-14(22-15)10-18-13(21)9-8-11-6-4-5-7-12(11)17;/h4-7H,8-10,17H2,1-3H3,(H,18,21);1H. The largest absolute Gasteiger partial charge is 0.399 e. The highest BCUT2D eigenvalue weighted by Gasteiger charge is 2.19. The molecule has 0 aliphatic carbocycles. The predicted octanol–water partition coefficient (Wildman–Crippen LogP) is 3.09. The molecule has 1 heterocycles. The molecule has 0 fully saturated rings. The van der Waals surface area contributed by atoms with Crippen molar-refractivity contribution in [3.63, 3.8) is 0 Å². The maximum atomic E-state index is 11.9. The first-order valence-corrected chi connectivity index (χ1v) is 8.11. The van der Waals surface area contributed by atoms with E-state index in [9.17, 15) is 4.79 Å². The highest BCUT2D eigenvalue weighted by Crippen LogP contribution is 2.25. The summed E-state index contributed by atoms with van der Waals surface area (Å²) in [6.07, 6.45) is 1.06. The smallest absolute Gasteiger partial charge is 0.220 e. The summed E-state index contributed by atoms with van der Waals surface area (Å²) in [5, 5.41) is 13.0. The molecule has 5 nitrogen and oxygen atoms in total. The molecule has 0 saturated heterocycles. The molecule has 0 atom stereocenters. The molecule has 0 unspecified atom stereocenters. The number of nitrogens with two attached hydrogens (primary N) is 1. The van der Waals surface area contributed by atoms with Gasteiger partial charge in [-0.1, -0.05) is 50.3 Å². The number of benzene rings is 1. The number of para-hydroxylation sites is 1. The van der Waals surface area contributed by atoms with E-state index in [1.54, 1.807) is 11.3 Å². The molecular formula is C16H23ClN4OS. The first-order chi connectivity index (χ1) is 10.4. The number of halogens is 1. The van der Waals surface area contributed by atoms with E-state index >= 15 is 0 Å². The van der Waals surface area contributed by atoms with E-state index < -0.39 is 0 Å². The number of rotatable bonds is 5. The third kappa shape index (κ3) is 5.80. The minimum absolute atomic E-state index is 0. The maximum Gasteiger partial charge on any atom is 0.220 e. The Bertz CT molecular complexity index is 652. The monoisotopic (exact) mass is 354 g/mol. The van der Waals surface area contributed by atoms with Crippen LogP contribution in [0.2, 0.25) is 0 Å². The second kappa shape index (κ2) is 8.26. The molecule has 1 aromatic carbocycles. The molecule has 23 heavy (non-hydrogen) atoms. The van der Waals surface area contributed by atoms with Gasteiger partial charge in [0.2, 0.25) is 5.91 Å². The minimum Gasteiger partial charge on any atom is -0.399 e. The van der Waals surface area contributed by atoms with Gasteiger partial charge < -0.3 is 11.1 Å². The number of aryl methyl sites for hydroxylation is 1. The second-order valence-electron chi connectivity index (χ2n) is 6.23. The van der Waals surface area contributed by atoms with Crippen LogP contribution < -0.4 is 11.1 Å². The Balaban J connectivity index is 0.00000264. The number of carbonyl (C=O) groups is 1. The summed E-state index contributed by atoms with van der Waals surface area (Å²) in [5.41, 5.74) is 7.59. The fourth-order valence-corrected chi connectivity index (χ4v) is 2.74. The van der Waals surface area contributed by atoms with Crippen LogP contribution in [0.25, 0.3) is 0 Å². The number of hydrogen-bond donors (Lipinski definition) is 2. The highest BCUT2D eigenvalue weighted by molar-refractivity contribution is 7.11. The number of anilines is 1. The molecule has 0 spiro atoms. The van der Waals surface area contributed by atoms with Crippen molar-refractivity contribution in [3.8, 4) is 0 Å². The van der Waals surface area contributed by atoms with E-state index in [4.69, 9.17) is 5.73 Å². The third-order valence-electron chi connectivity index (χ3n) is 3.22. The van der Waals surface area contributed by atoms with Gasteiger partial charge in [0.15, 0.2) is 0 Å². The average molecular weight is 355 g/mol. The van der Waals surface area contributed by atoms with Gasteiger partial charge in [0.25, 0.3) is 0 Å². The molecule has 0 radical (unpaired) electrons. The van der Waals surface area contributed by atoms with Gasteiger partial charge in [0.1, 0.15) is 10.0 Å². The number of nitrogens with zero attached hydrogens (tertiary/aromatic N) is 2. The Morgan fingerprint density at radius 1 is 1.26 bits per heavy atom. The Hall–Kier alpha value is -1.66. The highest BCUT2D eigenvalue weighted by atomic mass is 35.5. The van der Waals surface area contributed by atoms with Crippen LogP contribution in [-0.2, 0) is 23.2 Å². The first-order valence-electron chi connectivity index (χ1n) is 7.29. The molecule has 0 aliphatic rings. The van der Waals surface area contributed by atoms with E-state index in [1.165, 1.54) is 0 Å². The molecule has 0 aliphatic heterocycles. The van der Waals surface area contributed by atoms with Crippen molar-refractivity contribution < 1.29 is 4.79 Å². The van der Waals surface area contributed by atoms with Crippen molar-refractivity contribution in [2.24, 2.45) is 0 Å². The summed E-state index contributed by atoms with van der Waals surface area (Å²) in [6, 6.07) is 7.62. The topological polar surface area (TPSA) is 80.9 Å². The number of nitrogens with one attached hydrogen (secondary N) is 1. The molecular weight excluding hydrogens is 332 g/mol. The molecule has 2 rings (SSSR count). The van der Waals surface area contributed by atoms with E-state index in [0.717, 1.165) is 21.3 Å². The van der Waals surface area contributed by atoms with Gasteiger partial charge >= 0.3 is 0 Å². The van der Waals surface area contributed by atoms with Gasteiger partial charge in [-0.25, -0.2) is 0 Å². The molecule has 0 bridgehead atoms. The number of amides is 1. The van der Waals surface area contributed by atoms with Crippen molar-refractivity contribution in [1.29, 1.82) is 0 Å². The number of aromatic nitrogens is 2. The summed E-state index contributed by atoms with van der Waals surface area (Å²) in [6.45, 7) is 6.72. The third-order valence-corrected chi connectivity index (χ3v) is 4.57. The Morgan fingerprint density at radius 2 is 1.96 bits per heavy atom. The first kappa shape index (κ1) is 19.4. The van der Waals surface area contributed by atoms with Crippen LogP contribution in [0, 0.1) is 0 Å². The number of hydrogen-bond acceptors (Lipinski definition) is 5. The average Bonchev–Trinajstić information content (AvgIpc) is 2.93. The van der Waals surface area contributed by atoms with Crippen molar-refractivity contribution in [2.45, 2.75) is 45.6 Å². The quantitative estimate of drug-likeness (QED) is 0.808. The van der Waals surface area contributed by atoms with Crippen LogP contribution >= 0.6 is 23.7 Å². The zero-order valence-electron chi connectivity index (χ0n) is 13.6. The van der Waals surface area contributed by atoms with Gasteiger partial charge in [0.05, 0.1) is 6.54 Å². The summed E-state index contributed by atoms with van der Waals surface area (Å²) < 4.78 is 0. The lowest BCUT2D eigenvalue weighted by Crippen LogP contribution is -2.23. The number of nitrogen functional groups attached to an aromatic ring is 1. The summed E-state index contributed by atoms with van der Waals surface area (Å²) in [7, 11) is 0. The lowest BCUT2D eigenvalue weighted by molar-refractivity contribution is -0.121. The SMILES string of the molecule is CC(C)(C)c1nnc(CNC(=O)CCc2ccccc2N)s1.Cl. The Kier molecular flexibility index (Phi) is 6.97. The van der Waals surface area contributed by atoms with Gasteiger partial charge in [-0.05, 0) is 18.1 Å². The van der Waals surface area contributed by atoms with E-state index in [1.807, 2.05) is 24.3 Å². The summed E-state index contributed by atoms with van der Waals surface area (Å²) >= 11 is 1.54. The van der Waals surface area contributed by atoms with Crippen LogP contribution in [0.15, 0.2) is 24.3 Å². The summed E-state index contributed by atoms with van der Waals surface area (Å²) in [5.74, 6) is -0.00392. The van der Waals surface area contributed by atoms with Gasteiger partial charge in [-0.3, -0.25) is 4.79 Å². The molecule has 3 N–H and O–H groups in total. The lowest BCUT2D eigenvalue weighted by atomic mass is 9.98. The van der Waals surface area contributed by atoms with Crippen molar-refractivity contribution >= 4 is 35.3 Å². The number of carbonyl (C=O) groups excluding carboxylic acids is 1. The molecule has 1 aromatic heterocycles. The zero-order chi connectivity index (χ0) is 16.2. The molecule has 7 heteroatoms. The zero-order valence-corrected chi connectivity index (χ0v) is 15.3. The summed E-state index contributed by atoms with van der Waals surface area (Å²) in [4.78, 5) is 11.9. The molecule has 126 valence electrons. The van der Waals surface area contributed by atoms with Crippen LogP contribution in [0.4, 0.5) is 5.69 Å². The Labute approximate surface area is 147 Å². The van der Waals surface area contributed by atoms with Crippen molar-refractivity contribution in [3.05, 3.63) is 39.8 Å². The molecule has 1 amide bonds. The van der Waals surface area contributed by atoms with Gasteiger partial charge in [-0.2, -0.15) is 0 Å². The van der Waals surface area contributed by atoms with E-state index in [2.05, 4.69) is 36.3 Å². The predicted molar refractivity (Wildman–Crippen MR) is 96.9 cm³/mol. The van der Waals surface area contributed by atoms with Gasteiger partial charge in [0, 0.05) is 17.5 Å². The van der Waals surface area contributed by atoms with E-state index in [0.29, 0.717) is 19.4 Å². The fourth-order valence-electron chi connectivity index (χ4n) is 1.90. The van der Waals surface area contributed by atoms with Crippen molar-refractivity contribution in [1.82, 2.24) is 15.5 Å². The Morgan fingerprint density at radius 3 is 2.57 bits per heavy atom. The maximum absolute atomic E-state index is 11.9. The minimum atomic E-state index is -0.00916. The molecule has 2 aromatic rings.